The van der Waals surface area contributed by atoms with Gasteiger partial charge in [0.1, 0.15) is 11.6 Å². The van der Waals surface area contributed by atoms with Crippen molar-refractivity contribution in [3.63, 3.8) is 0 Å². The summed E-state index contributed by atoms with van der Waals surface area (Å²) in [5.41, 5.74) is 3.50. The Balaban J connectivity index is 2.16. The highest BCUT2D eigenvalue weighted by molar-refractivity contribution is 7.99. The Bertz CT molecular complexity index is 1150. The zero-order valence-corrected chi connectivity index (χ0v) is 21.2. The summed E-state index contributed by atoms with van der Waals surface area (Å²) >= 11 is 1.57. The van der Waals surface area contributed by atoms with Crippen molar-refractivity contribution in [3.05, 3.63) is 47.5 Å². The smallest absolute Gasteiger partial charge is 0.203 e. The molecule has 0 radical (unpaired) electrons. The number of thioether (sulfide) groups is 1. The topological polar surface area (TPSA) is 89.3 Å². The zero-order chi connectivity index (χ0) is 24.7. The maximum atomic E-state index is 10.1. The normalized spacial score (nSPS) is 10.6. The van der Waals surface area contributed by atoms with Crippen molar-refractivity contribution >= 4 is 23.3 Å². The molecule has 1 aromatic heterocycles. The van der Waals surface area contributed by atoms with Gasteiger partial charge in [-0.15, -0.1) is 0 Å². The Labute approximate surface area is 205 Å². The van der Waals surface area contributed by atoms with E-state index in [1.165, 1.54) is 0 Å². The highest BCUT2D eigenvalue weighted by Crippen LogP contribution is 2.42. The van der Waals surface area contributed by atoms with Gasteiger partial charge >= 0.3 is 0 Å². The van der Waals surface area contributed by atoms with E-state index >= 15 is 0 Å². The average molecular weight is 479 g/mol. The molecule has 3 aromatic rings. The number of aryl methyl sites for hydroxylation is 1. The minimum absolute atomic E-state index is 0.336. The van der Waals surface area contributed by atoms with E-state index in [1.807, 2.05) is 31.2 Å². The average Bonchev–Trinajstić information content (AvgIpc) is 2.83. The summed E-state index contributed by atoms with van der Waals surface area (Å²) < 4.78 is 16.5. The molecule has 0 aliphatic heterocycles. The van der Waals surface area contributed by atoms with Crippen molar-refractivity contribution in [2.24, 2.45) is 5.92 Å². The number of nitrogens with zero attached hydrogens (tertiary/aromatic N) is 3. The molecule has 34 heavy (non-hydrogen) atoms. The summed E-state index contributed by atoms with van der Waals surface area (Å²) in [4.78, 5) is 9.46. The number of anilines is 2. The maximum Gasteiger partial charge on any atom is 0.203 e. The van der Waals surface area contributed by atoms with Crippen LogP contribution in [0.5, 0.6) is 17.2 Å². The van der Waals surface area contributed by atoms with Crippen LogP contribution in [-0.4, -0.2) is 37.1 Å². The molecule has 3 rings (SSSR count). The molecule has 0 amide bonds. The lowest BCUT2D eigenvalue weighted by Gasteiger charge is -2.16. The van der Waals surface area contributed by atoms with Gasteiger partial charge in [-0.25, -0.2) is 9.97 Å². The van der Waals surface area contributed by atoms with Gasteiger partial charge in [-0.1, -0.05) is 43.3 Å². The Hall–Kier alpha value is -3.44. The van der Waals surface area contributed by atoms with Gasteiger partial charge in [0.05, 0.1) is 27.0 Å². The van der Waals surface area contributed by atoms with Crippen molar-refractivity contribution in [1.82, 2.24) is 9.97 Å². The van der Waals surface area contributed by atoms with Crippen LogP contribution in [0, 0.1) is 24.2 Å². The quantitative estimate of drug-likeness (QED) is 0.271. The monoisotopic (exact) mass is 478 g/mol. The number of nitriles is 1. The van der Waals surface area contributed by atoms with Gasteiger partial charge in [0.25, 0.3) is 0 Å². The molecular formula is C26H30N4O3S. The van der Waals surface area contributed by atoms with Crippen LogP contribution in [0.3, 0.4) is 0 Å². The summed E-state index contributed by atoms with van der Waals surface area (Å²) in [6.45, 7) is 6.40. The summed E-state index contributed by atoms with van der Waals surface area (Å²) in [5, 5.41) is 14.0. The molecule has 0 unspecified atom stereocenters. The van der Waals surface area contributed by atoms with Crippen LogP contribution in [0.1, 0.15) is 31.4 Å². The zero-order valence-electron chi connectivity index (χ0n) is 20.4. The molecule has 1 heterocycles. The molecule has 178 valence electrons. The third kappa shape index (κ3) is 5.91. The fourth-order valence-electron chi connectivity index (χ4n) is 3.29. The third-order valence-corrected chi connectivity index (χ3v) is 6.06. The standard InChI is InChI=1S/C26H30N4O3S/c1-16(2)11-12-34-26-29-23(18-13-21(31-4)24(33-6)22(14-18)32-5)20(15-27)25(30-26)28-19-9-7-17(3)8-10-19/h7-10,13-14,16H,11-12H2,1-6H3,(H,28,29,30). The number of methoxy groups -OCH3 is 3. The van der Waals surface area contributed by atoms with Gasteiger partial charge in [-0.3, -0.25) is 0 Å². The van der Waals surface area contributed by atoms with Crippen molar-refractivity contribution in [1.29, 1.82) is 5.26 Å². The Morgan fingerprint density at radius 2 is 1.65 bits per heavy atom. The summed E-state index contributed by atoms with van der Waals surface area (Å²) in [7, 11) is 4.67. The second-order valence-corrected chi connectivity index (χ2v) is 9.19. The molecule has 8 heteroatoms. The van der Waals surface area contributed by atoms with Gasteiger partial charge in [0.2, 0.25) is 5.75 Å². The summed E-state index contributed by atoms with van der Waals surface area (Å²) in [6.07, 6.45) is 1.04. The lowest BCUT2D eigenvalue weighted by Crippen LogP contribution is -2.05. The second kappa shape index (κ2) is 11.6. The molecule has 0 spiro atoms. The molecule has 0 aliphatic carbocycles. The number of aromatic nitrogens is 2. The minimum atomic E-state index is 0.336. The maximum absolute atomic E-state index is 10.1. The van der Waals surface area contributed by atoms with Crippen molar-refractivity contribution in [2.75, 3.05) is 32.4 Å². The molecule has 0 aliphatic rings. The first kappa shape index (κ1) is 25.2. The molecular weight excluding hydrogens is 448 g/mol. The predicted octanol–water partition coefficient (Wildman–Crippen LogP) is 6.23. The molecule has 2 aromatic carbocycles. The van der Waals surface area contributed by atoms with E-state index in [1.54, 1.807) is 45.2 Å². The Kier molecular flexibility index (Phi) is 8.61. The lowest BCUT2D eigenvalue weighted by molar-refractivity contribution is 0.324. The van der Waals surface area contributed by atoms with Crippen molar-refractivity contribution < 1.29 is 14.2 Å². The first-order valence-corrected chi connectivity index (χ1v) is 12.0. The first-order chi connectivity index (χ1) is 16.4. The van der Waals surface area contributed by atoms with Gasteiger partial charge in [0, 0.05) is 17.0 Å². The second-order valence-electron chi connectivity index (χ2n) is 8.13. The molecule has 0 fully saturated rings. The Morgan fingerprint density at radius 3 is 2.18 bits per heavy atom. The van der Waals surface area contributed by atoms with Gasteiger partial charge in [-0.2, -0.15) is 5.26 Å². The third-order valence-electron chi connectivity index (χ3n) is 5.18. The summed E-state index contributed by atoms with van der Waals surface area (Å²) in [5.74, 6) is 3.36. The first-order valence-electron chi connectivity index (χ1n) is 11.0. The molecule has 1 N–H and O–H groups in total. The molecule has 0 bridgehead atoms. The fraction of sp³-hybridized carbons (Fsp3) is 0.346. The van der Waals surface area contributed by atoms with Crippen LogP contribution < -0.4 is 19.5 Å². The number of hydrogen-bond donors (Lipinski definition) is 1. The van der Waals surface area contributed by atoms with Crippen LogP contribution >= 0.6 is 11.8 Å². The van der Waals surface area contributed by atoms with Crippen LogP contribution in [0.25, 0.3) is 11.3 Å². The highest BCUT2D eigenvalue weighted by atomic mass is 32.2. The van der Waals surface area contributed by atoms with E-state index in [0.717, 1.165) is 23.4 Å². The van der Waals surface area contributed by atoms with Crippen molar-refractivity contribution in [2.45, 2.75) is 32.3 Å². The summed E-state index contributed by atoms with van der Waals surface area (Å²) in [6, 6.07) is 13.8. The van der Waals surface area contributed by atoms with Gasteiger partial charge in [0.15, 0.2) is 22.5 Å². The fourth-order valence-corrected chi connectivity index (χ4v) is 4.37. The minimum Gasteiger partial charge on any atom is -0.493 e. The van der Waals surface area contributed by atoms with Gasteiger partial charge in [-0.05, 0) is 43.5 Å². The van der Waals surface area contributed by atoms with Crippen LogP contribution in [0.2, 0.25) is 0 Å². The van der Waals surface area contributed by atoms with E-state index in [9.17, 15) is 5.26 Å². The molecule has 0 saturated carbocycles. The van der Waals surface area contributed by atoms with E-state index in [2.05, 4.69) is 25.2 Å². The van der Waals surface area contributed by atoms with Crippen molar-refractivity contribution in [3.8, 4) is 34.6 Å². The number of benzene rings is 2. The number of ether oxygens (including phenoxy) is 3. The highest BCUT2D eigenvalue weighted by Gasteiger charge is 2.21. The lowest BCUT2D eigenvalue weighted by atomic mass is 10.1. The van der Waals surface area contributed by atoms with Crippen LogP contribution in [-0.2, 0) is 0 Å². The number of hydrogen-bond acceptors (Lipinski definition) is 8. The van der Waals surface area contributed by atoms with Crippen LogP contribution in [0.15, 0.2) is 41.6 Å². The number of rotatable bonds is 10. The molecule has 0 atom stereocenters. The van der Waals surface area contributed by atoms with E-state index in [-0.39, 0.29) is 0 Å². The van der Waals surface area contributed by atoms with E-state index in [4.69, 9.17) is 24.2 Å². The molecule has 0 saturated heterocycles. The van der Waals surface area contributed by atoms with E-state index in [0.29, 0.717) is 51.0 Å². The Morgan fingerprint density at radius 1 is 1.00 bits per heavy atom. The van der Waals surface area contributed by atoms with Gasteiger partial charge < -0.3 is 19.5 Å². The predicted molar refractivity (Wildman–Crippen MR) is 136 cm³/mol. The van der Waals surface area contributed by atoms with E-state index < -0.39 is 0 Å². The van der Waals surface area contributed by atoms with Crippen LogP contribution in [0.4, 0.5) is 11.5 Å². The largest absolute Gasteiger partial charge is 0.493 e. The SMILES string of the molecule is COc1cc(-c2nc(SCCC(C)C)nc(Nc3ccc(C)cc3)c2C#N)cc(OC)c1OC. The number of nitrogens with one attached hydrogen (secondary N) is 1. The molecule has 7 nitrogen and oxygen atoms in total.